The fourth-order valence-electron chi connectivity index (χ4n) is 7.07. The highest BCUT2D eigenvalue weighted by molar-refractivity contribution is 9.09. The van der Waals surface area contributed by atoms with Crippen LogP contribution < -0.4 is 15.1 Å². The van der Waals surface area contributed by atoms with Crippen LogP contribution in [0.25, 0.3) is 0 Å². The Labute approximate surface area is 259 Å². The molecule has 14 heteroatoms. The monoisotopic (exact) mass is 676 g/mol. The molecule has 3 fully saturated rings. The van der Waals surface area contributed by atoms with Crippen LogP contribution in [0.1, 0.15) is 24.3 Å². The van der Waals surface area contributed by atoms with Gasteiger partial charge < -0.3 is 19.9 Å². The first-order valence-electron chi connectivity index (χ1n) is 13.1. The number of carbonyl (C=O) groups is 4. The minimum absolute atomic E-state index is 0.103. The Morgan fingerprint density at radius 3 is 2.43 bits per heavy atom. The van der Waals surface area contributed by atoms with Gasteiger partial charge in [-0.2, -0.15) is 0 Å². The Morgan fingerprint density at radius 2 is 1.79 bits per heavy atom. The van der Waals surface area contributed by atoms with Gasteiger partial charge in [0, 0.05) is 17.5 Å². The van der Waals surface area contributed by atoms with Crippen LogP contribution in [-0.2, 0) is 19.2 Å². The smallest absolute Gasteiger partial charge is 0.488 e. The number of methoxy groups -OCH3 is 1. The number of aromatic hydroxyl groups is 1. The number of allylic oxidation sites excluding steroid dienone is 2. The predicted octanol–water partition coefficient (Wildman–Crippen LogP) is 2.00. The average Bonchev–Trinajstić information content (AvgIpc) is 3.31. The Balaban J connectivity index is 1.51. The van der Waals surface area contributed by atoms with E-state index in [9.17, 15) is 34.3 Å². The van der Waals surface area contributed by atoms with Crippen molar-refractivity contribution in [2.75, 3.05) is 17.5 Å². The minimum atomic E-state index is -2.04. The number of hydrogen-bond donors (Lipinski definition) is 3. The summed E-state index contributed by atoms with van der Waals surface area (Å²) in [6.07, 6.45) is 1.70. The summed E-state index contributed by atoms with van der Waals surface area (Å²) in [4.78, 5) is 53.2. The number of likely N-dealkylation sites (tertiary alicyclic amines) is 1. The summed E-state index contributed by atoms with van der Waals surface area (Å²) >= 11 is 17.5. The molecule has 10 nitrogen and oxygen atoms in total. The van der Waals surface area contributed by atoms with Crippen LogP contribution in [0.4, 0.5) is 5.69 Å². The molecule has 6 unspecified atom stereocenters. The van der Waals surface area contributed by atoms with E-state index in [0.29, 0.717) is 11.3 Å². The van der Waals surface area contributed by atoms with E-state index in [4.69, 9.17) is 27.9 Å². The first-order chi connectivity index (χ1) is 19.9. The predicted molar refractivity (Wildman–Crippen MR) is 157 cm³/mol. The maximum absolute atomic E-state index is 14.1. The van der Waals surface area contributed by atoms with Crippen molar-refractivity contribution in [1.29, 1.82) is 0 Å². The quantitative estimate of drug-likeness (QED) is 0.143. The molecule has 2 aromatic rings. The zero-order valence-corrected chi connectivity index (χ0v) is 25.1. The molecule has 42 heavy (non-hydrogen) atoms. The van der Waals surface area contributed by atoms with Gasteiger partial charge in [-0.3, -0.25) is 29.0 Å². The van der Waals surface area contributed by atoms with Crippen LogP contribution in [-0.4, -0.2) is 73.1 Å². The molecule has 0 bridgehead atoms. The standard InChI is InChI=1S/C28H24BBrCl2N2O8/c1-42-15-5-6-17(20(35)10-15)22-16-7-8-18-21(19(16)11-27(31)25(38)33(12-30)26(39)28(22,27)32)24(37)34(23(18)36)14-4-2-3-13(9-14)29(40)41/h2-7,9-10,18-19,21-22,35,40-41H,8,11-12H2,1H3. The van der Waals surface area contributed by atoms with Crippen LogP contribution in [0.3, 0.4) is 0 Å². The Hall–Kier alpha value is -2.90. The highest BCUT2D eigenvalue weighted by Gasteiger charge is 2.76. The van der Waals surface area contributed by atoms with Gasteiger partial charge >= 0.3 is 7.12 Å². The number of benzene rings is 2. The number of phenols is 1. The summed E-state index contributed by atoms with van der Waals surface area (Å²) in [5, 5.41) is 30.4. The number of imide groups is 2. The van der Waals surface area contributed by atoms with E-state index >= 15 is 0 Å². The van der Waals surface area contributed by atoms with Crippen molar-refractivity contribution in [1.82, 2.24) is 4.90 Å². The highest BCUT2D eigenvalue weighted by Crippen LogP contribution is 2.66. The van der Waals surface area contributed by atoms with Gasteiger partial charge in [0.15, 0.2) is 9.75 Å². The van der Waals surface area contributed by atoms with Crippen molar-refractivity contribution in [2.24, 2.45) is 17.8 Å². The molecule has 218 valence electrons. The lowest BCUT2D eigenvalue weighted by atomic mass is 9.56. The molecule has 0 aromatic heterocycles. The molecule has 2 aromatic carbocycles. The summed E-state index contributed by atoms with van der Waals surface area (Å²) < 4.78 is 5.22. The molecule has 3 N–H and O–H groups in total. The van der Waals surface area contributed by atoms with Crippen LogP contribution in [0, 0.1) is 17.8 Å². The van der Waals surface area contributed by atoms with E-state index in [1.165, 1.54) is 37.4 Å². The number of halogens is 3. The molecule has 1 saturated carbocycles. The molecule has 2 saturated heterocycles. The van der Waals surface area contributed by atoms with Crippen LogP contribution in [0.15, 0.2) is 54.1 Å². The molecule has 0 spiro atoms. The first kappa shape index (κ1) is 29.2. The highest BCUT2D eigenvalue weighted by atomic mass is 79.9. The number of carbonyl (C=O) groups excluding carboxylic acids is 4. The van der Waals surface area contributed by atoms with Crippen molar-refractivity contribution in [3.63, 3.8) is 0 Å². The van der Waals surface area contributed by atoms with Crippen LogP contribution in [0.5, 0.6) is 11.5 Å². The van der Waals surface area contributed by atoms with E-state index in [2.05, 4.69) is 15.9 Å². The number of amides is 4. The van der Waals surface area contributed by atoms with Crippen molar-refractivity contribution in [3.8, 4) is 11.5 Å². The molecule has 4 amide bonds. The Kier molecular flexibility index (Phi) is 7.01. The molecular weight excluding hydrogens is 654 g/mol. The molecule has 0 radical (unpaired) electrons. The van der Waals surface area contributed by atoms with Gasteiger partial charge in [0.25, 0.3) is 11.8 Å². The average molecular weight is 678 g/mol. The van der Waals surface area contributed by atoms with Gasteiger partial charge in [0.2, 0.25) is 11.8 Å². The molecular formula is C28H24BBrCl2N2O8. The van der Waals surface area contributed by atoms with Crippen molar-refractivity contribution >= 4 is 81.0 Å². The number of hydrogen-bond acceptors (Lipinski definition) is 8. The largest absolute Gasteiger partial charge is 0.508 e. The molecule has 2 heterocycles. The fourth-order valence-corrected chi connectivity index (χ4v) is 8.49. The lowest BCUT2D eigenvalue weighted by molar-refractivity contribution is -0.138. The topological polar surface area (TPSA) is 145 Å². The molecule has 6 atom stereocenters. The van der Waals surface area contributed by atoms with E-state index in [-0.39, 0.29) is 40.8 Å². The Bertz CT molecular complexity index is 1590. The first-order valence-corrected chi connectivity index (χ1v) is 15.0. The second-order valence-corrected chi connectivity index (χ2v) is 12.6. The zero-order valence-electron chi connectivity index (χ0n) is 22.0. The summed E-state index contributed by atoms with van der Waals surface area (Å²) in [6.45, 7) is 0. The number of nitrogens with zero attached hydrogens (tertiary/aromatic N) is 2. The van der Waals surface area contributed by atoms with Gasteiger partial charge in [-0.05, 0) is 42.4 Å². The van der Waals surface area contributed by atoms with E-state index in [0.717, 1.165) is 9.80 Å². The minimum Gasteiger partial charge on any atom is -0.508 e. The fraction of sp³-hybridized carbons (Fsp3) is 0.357. The number of ether oxygens (including phenoxy) is 1. The lowest BCUT2D eigenvalue weighted by Gasteiger charge is -2.50. The summed E-state index contributed by atoms with van der Waals surface area (Å²) in [6, 6.07) is 10.3. The second-order valence-electron chi connectivity index (χ2n) is 10.9. The Morgan fingerprint density at radius 1 is 1.05 bits per heavy atom. The maximum Gasteiger partial charge on any atom is 0.488 e. The van der Waals surface area contributed by atoms with E-state index in [1.54, 1.807) is 18.2 Å². The molecule has 2 aliphatic heterocycles. The molecule has 6 rings (SSSR count). The van der Waals surface area contributed by atoms with Crippen molar-refractivity contribution < 1.29 is 39.1 Å². The SMILES string of the molecule is COc1ccc(C2C3=CCC4C(=O)N(c5cccc(B(O)O)c5)C(=O)C4C3CC3(Cl)C(=O)N(CBr)C(=O)C23Cl)c(O)c1. The number of fused-ring (bicyclic) bond motifs is 4. The lowest BCUT2D eigenvalue weighted by Crippen LogP contribution is -2.60. The molecule has 4 aliphatic rings. The zero-order chi connectivity index (χ0) is 30.3. The van der Waals surface area contributed by atoms with Gasteiger partial charge in [-0.1, -0.05) is 45.8 Å². The number of alkyl halides is 3. The van der Waals surface area contributed by atoms with Gasteiger partial charge in [0.1, 0.15) is 11.5 Å². The molecule has 2 aliphatic carbocycles. The van der Waals surface area contributed by atoms with Gasteiger partial charge in [-0.25, -0.2) is 0 Å². The van der Waals surface area contributed by atoms with E-state index in [1.807, 2.05) is 0 Å². The normalized spacial score (nSPS) is 32.0. The third-order valence-corrected chi connectivity index (χ3v) is 10.9. The third-order valence-electron chi connectivity index (χ3n) is 8.99. The van der Waals surface area contributed by atoms with Crippen molar-refractivity contribution in [2.45, 2.75) is 28.5 Å². The number of rotatable bonds is 5. The summed E-state index contributed by atoms with van der Waals surface area (Å²) in [5.41, 5.74) is 0.870. The van der Waals surface area contributed by atoms with Crippen LogP contribution in [0.2, 0.25) is 0 Å². The number of anilines is 1. The third kappa shape index (κ3) is 3.78. The van der Waals surface area contributed by atoms with E-state index < -0.39 is 64.2 Å². The van der Waals surface area contributed by atoms with Crippen molar-refractivity contribution in [3.05, 3.63) is 59.7 Å². The summed E-state index contributed by atoms with van der Waals surface area (Å²) in [5.74, 6) is -6.02. The van der Waals surface area contributed by atoms with Gasteiger partial charge in [0.05, 0.1) is 30.1 Å². The number of phenolic OH excluding ortho intramolecular Hbond substituents is 1. The summed E-state index contributed by atoms with van der Waals surface area (Å²) in [7, 11) is -0.374. The second kappa shape index (κ2) is 10.1. The maximum atomic E-state index is 14.1. The van der Waals surface area contributed by atoms with Gasteiger partial charge in [-0.15, -0.1) is 23.2 Å². The van der Waals surface area contributed by atoms with Crippen LogP contribution >= 0.6 is 39.1 Å².